The van der Waals surface area contributed by atoms with E-state index < -0.39 is 0 Å². The van der Waals surface area contributed by atoms with Crippen molar-refractivity contribution in [2.75, 3.05) is 7.11 Å². The lowest BCUT2D eigenvalue weighted by Crippen LogP contribution is -2.10. The highest BCUT2D eigenvalue weighted by molar-refractivity contribution is 9.10. The third kappa shape index (κ3) is 2.76. The quantitative estimate of drug-likeness (QED) is 0.796. The summed E-state index contributed by atoms with van der Waals surface area (Å²) in [6, 6.07) is 3.55. The van der Waals surface area contributed by atoms with Crippen LogP contribution in [0.2, 0.25) is 0 Å². The van der Waals surface area contributed by atoms with Gasteiger partial charge in [0.25, 0.3) is 0 Å². The van der Waals surface area contributed by atoms with Crippen LogP contribution >= 0.6 is 15.9 Å². The van der Waals surface area contributed by atoms with Crippen molar-refractivity contribution in [2.45, 2.75) is 26.9 Å². The molecule has 88 valence electrons. The molecule has 0 aromatic heterocycles. The monoisotopic (exact) mass is 286 g/mol. The largest absolute Gasteiger partial charge is 0.493 e. The number of carbonyl (C=O) groups excluding carboxylic acids is 1. The number of Topliss-reactive ketones (excluding diaryl/α,β-unsaturated/α-hetero) is 1. The van der Waals surface area contributed by atoms with Crippen LogP contribution in [0.25, 0.3) is 0 Å². The number of benzene rings is 1. The van der Waals surface area contributed by atoms with Gasteiger partial charge in [0.2, 0.25) is 0 Å². The molecule has 1 aromatic carbocycles. The van der Waals surface area contributed by atoms with E-state index in [0.29, 0.717) is 17.1 Å². The Morgan fingerprint density at radius 3 is 2.44 bits per heavy atom. The van der Waals surface area contributed by atoms with Gasteiger partial charge in [0, 0.05) is 4.47 Å². The molecule has 0 aliphatic carbocycles. The minimum atomic E-state index is -0.0542. The molecule has 3 nitrogen and oxygen atoms in total. The van der Waals surface area contributed by atoms with Gasteiger partial charge in [-0.25, -0.2) is 0 Å². The summed E-state index contributed by atoms with van der Waals surface area (Å²) in [6.07, 6.45) is -0.0127. The second kappa shape index (κ2) is 5.34. The molecule has 4 heteroatoms. The van der Waals surface area contributed by atoms with Gasteiger partial charge in [-0.05, 0) is 48.8 Å². The summed E-state index contributed by atoms with van der Waals surface area (Å²) < 4.78 is 11.5. The molecule has 0 N–H and O–H groups in total. The number of ether oxygens (including phenoxy) is 2. The van der Waals surface area contributed by atoms with E-state index in [-0.39, 0.29) is 11.9 Å². The first-order valence-corrected chi connectivity index (χ1v) is 5.80. The maximum absolute atomic E-state index is 11.6. The highest BCUT2D eigenvalue weighted by Gasteiger charge is 2.18. The molecule has 0 atom stereocenters. The molecule has 1 rings (SSSR count). The van der Waals surface area contributed by atoms with Crippen LogP contribution in [-0.4, -0.2) is 19.0 Å². The molecule has 0 aliphatic heterocycles. The van der Waals surface area contributed by atoms with Crippen LogP contribution in [0.4, 0.5) is 0 Å². The van der Waals surface area contributed by atoms with Gasteiger partial charge < -0.3 is 9.47 Å². The summed E-state index contributed by atoms with van der Waals surface area (Å²) >= 11 is 3.34. The van der Waals surface area contributed by atoms with Crippen molar-refractivity contribution in [1.29, 1.82) is 0 Å². The van der Waals surface area contributed by atoms with Gasteiger partial charge in [0.1, 0.15) is 0 Å². The molecule has 0 radical (unpaired) electrons. The minimum absolute atomic E-state index is 0.0127. The highest BCUT2D eigenvalue weighted by atomic mass is 79.9. The van der Waals surface area contributed by atoms with Crippen molar-refractivity contribution in [3.05, 3.63) is 22.2 Å². The van der Waals surface area contributed by atoms with Gasteiger partial charge >= 0.3 is 0 Å². The first kappa shape index (κ1) is 13.0. The number of halogens is 1. The molecule has 0 saturated heterocycles. The zero-order chi connectivity index (χ0) is 12.3. The van der Waals surface area contributed by atoms with E-state index in [9.17, 15) is 4.79 Å². The first-order chi connectivity index (χ1) is 7.47. The van der Waals surface area contributed by atoms with Gasteiger partial charge in [0.05, 0.1) is 18.8 Å². The van der Waals surface area contributed by atoms with Crippen molar-refractivity contribution < 1.29 is 14.3 Å². The zero-order valence-corrected chi connectivity index (χ0v) is 11.4. The third-order valence-corrected chi connectivity index (χ3v) is 2.66. The average molecular weight is 287 g/mol. The van der Waals surface area contributed by atoms with Crippen LogP contribution in [0.1, 0.15) is 31.1 Å². The molecule has 0 aliphatic rings. The van der Waals surface area contributed by atoms with Crippen molar-refractivity contribution in [2.24, 2.45) is 0 Å². The Kier molecular flexibility index (Phi) is 4.35. The van der Waals surface area contributed by atoms with E-state index in [1.54, 1.807) is 19.2 Å². The summed E-state index contributed by atoms with van der Waals surface area (Å²) in [5, 5.41) is 0. The van der Waals surface area contributed by atoms with Gasteiger partial charge in [-0.2, -0.15) is 0 Å². The summed E-state index contributed by atoms with van der Waals surface area (Å²) in [5.74, 6) is 1.02. The Morgan fingerprint density at radius 1 is 1.38 bits per heavy atom. The van der Waals surface area contributed by atoms with Crippen molar-refractivity contribution in [3.8, 4) is 11.5 Å². The lowest BCUT2D eigenvalue weighted by Gasteiger charge is -2.17. The molecular weight excluding hydrogens is 272 g/mol. The molecule has 0 spiro atoms. The standard InChI is InChI=1S/C12H15BrO3/c1-7(2)16-12-10(15-4)6-5-9(13)11(12)8(3)14/h5-7H,1-4H3. The number of hydrogen-bond donors (Lipinski definition) is 0. The molecule has 1 aromatic rings. The first-order valence-electron chi connectivity index (χ1n) is 5.01. The zero-order valence-electron chi connectivity index (χ0n) is 9.83. The Hall–Kier alpha value is -1.03. The third-order valence-electron chi connectivity index (χ3n) is 2.00. The normalized spacial score (nSPS) is 10.4. The van der Waals surface area contributed by atoms with Gasteiger partial charge in [-0.1, -0.05) is 0 Å². The molecule has 0 bridgehead atoms. The highest BCUT2D eigenvalue weighted by Crippen LogP contribution is 2.37. The van der Waals surface area contributed by atoms with E-state index in [4.69, 9.17) is 9.47 Å². The molecule has 0 fully saturated rings. The second-order valence-corrected chi connectivity index (χ2v) is 4.53. The summed E-state index contributed by atoms with van der Waals surface area (Å²) in [5.41, 5.74) is 0.521. The lowest BCUT2D eigenvalue weighted by molar-refractivity contribution is 0.101. The Bertz CT molecular complexity index is 399. The van der Waals surface area contributed by atoms with E-state index >= 15 is 0 Å². The van der Waals surface area contributed by atoms with Crippen LogP contribution in [0.5, 0.6) is 11.5 Å². The lowest BCUT2D eigenvalue weighted by atomic mass is 10.1. The number of rotatable bonds is 4. The van der Waals surface area contributed by atoms with Crippen LogP contribution in [0, 0.1) is 0 Å². The van der Waals surface area contributed by atoms with Crippen molar-refractivity contribution in [3.63, 3.8) is 0 Å². The Morgan fingerprint density at radius 2 is 2.00 bits per heavy atom. The molecular formula is C12H15BrO3. The van der Waals surface area contributed by atoms with E-state index in [0.717, 1.165) is 4.47 Å². The minimum Gasteiger partial charge on any atom is -0.493 e. The summed E-state index contributed by atoms with van der Waals surface area (Å²) in [6.45, 7) is 5.32. The van der Waals surface area contributed by atoms with Crippen molar-refractivity contribution in [1.82, 2.24) is 0 Å². The average Bonchev–Trinajstić information content (AvgIpc) is 2.16. The molecule has 0 heterocycles. The van der Waals surface area contributed by atoms with Gasteiger partial charge in [-0.15, -0.1) is 0 Å². The fourth-order valence-electron chi connectivity index (χ4n) is 1.38. The molecule has 0 unspecified atom stereocenters. The SMILES string of the molecule is COc1ccc(Br)c(C(C)=O)c1OC(C)C. The van der Waals surface area contributed by atoms with Crippen LogP contribution < -0.4 is 9.47 Å². The van der Waals surface area contributed by atoms with Gasteiger partial charge in [-0.3, -0.25) is 4.79 Å². The predicted molar refractivity (Wildman–Crippen MR) is 66.5 cm³/mol. The Labute approximate surface area is 104 Å². The second-order valence-electron chi connectivity index (χ2n) is 3.68. The fraction of sp³-hybridized carbons (Fsp3) is 0.417. The fourth-order valence-corrected chi connectivity index (χ4v) is 1.97. The molecule has 0 saturated carbocycles. The van der Waals surface area contributed by atoms with Crippen molar-refractivity contribution >= 4 is 21.7 Å². The Balaban J connectivity index is 3.36. The number of ketones is 1. The maximum Gasteiger partial charge on any atom is 0.173 e. The van der Waals surface area contributed by atoms with Gasteiger partial charge in [0.15, 0.2) is 17.3 Å². The summed E-state index contributed by atoms with van der Waals surface area (Å²) in [7, 11) is 1.56. The van der Waals surface area contributed by atoms with Crippen LogP contribution in [0.3, 0.4) is 0 Å². The smallest absolute Gasteiger partial charge is 0.173 e. The van der Waals surface area contributed by atoms with Crippen LogP contribution in [0.15, 0.2) is 16.6 Å². The van der Waals surface area contributed by atoms with Crippen LogP contribution in [-0.2, 0) is 0 Å². The number of methoxy groups -OCH3 is 1. The van der Waals surface area contributed by atoms with E-state index in [2.05, 4.69) is 15.9 Å². The number of hydrogen-bond acceptors (Lipinski definition) is 3. The number of carbonyl (C=O) groups is 1. The molecule has 16 heavy (non-hydrogen) atoms. The van der Waals surface area contributed by atoms with E-state index in [1.165, 1.54) is 6.92 Å². The molecule has 0 amide bonds. The van der Waals surface area contributed by atoms with E-state index in [1.807, 2.05) is 13.8 Å². The topological polar surface area (TPSA) is 35.5 Å². The predicted octanol–water partition coefficient (Wildman–Crippen LogP) is 3.45. The maximum atomic E-state index is 11.6. The summed E-state index contributed by atoms with van der Waals surface area (Å²) in [4.78, 5) is 11.6.